The van der Waals surface area contributed by atoms with Gasteiger partial charge in [-0.05, 0) is 44.9 Å². The van der Waals surface area contributed by atoms with E-state index in [-0.39, 0.29) is 6.61 Å². The van der Waals surface area contributed by atoms with Crippen molar-refractivity contribution in [3.8, 4) is 0 Å². The van der Waals surface area contributed by atoms with Crippen LogP contribution in [0.15, 0.2) is 18.2 Å². The van der Waals surface area contributed by atoms with E-state index in [2.05, 4.69) is 10.3 Å². The lowest BCUT2D eigenvalue weighted by Gasteiger charge is -2.19. The first-order valence-corrected chi connectivity index (χ1v) is 10.3. The Hall–Kier alpha value is -1.93. The molecule has 0 aliphatic carbocycles. The molecular weight excluding hydrogens is 354 g/mol. The maximum atomic E-state index is 11.8. The predicted octanol–water partition coefficient (Wildman–Crippen LogP) is 2.32. The molecular formula is C18H27N3O4S. The minimum absolute atomic E-state index is 0.157. The number of hydrogen-bond acceptors (Lipinski definition) is 5. The number of hydrogen-bond donors (Lipinski definition) is 2. The summed E-state index contributed by atoms with van der Waals surface area (Å²) in [6.45, 7) is 6.28. The Morgan fingerprint density at radius 1 is 1.38 bits per heavy atom. The van der Waals surface area contributed by atoms with Crippen LogP contribution in [0.1, 0.15) is 38.6 Å². The molecule has 1 unspecified atom stereocenters. The van der Waals surface area contributed by atoms with Crippen molar-refractivity contribution in [1.82, 2.24) is 14.9 Å². The van der Waals surface area contributed by atoms with E-state index in [1.165, 1.54) is 0 Å². The number of rotatable bonds is 7. The van der Waals surface area contributed by atoms with Gasteiger partial charge in [0, 0.05) is 35.9 Å². The third kappa shape index (κ3) is 5.81. The second kappa shape index (κ2) is 8.64. The average molecular weight is 381 g/mol. The molecule has 8 heteroatoms. The van der Waals surface area contributed by atoms with Gasteiger partial charge in [-0.25, -0.2) is 9.78 Å². The average Bonchev–Trinajstić information content (AvgIpc) is 2.88. The largest absolute Gasteiger partial charge is 0.444 e. The topological polar surface area (TPSA) is 93.5 Å². The molecule has 0 aliphatic rings. The van der Waals surface area contributed by atoms with Gasteiger partial charge >= 0.3 is 6.09 Å². The van der Waals surface area contributed by atoms with Crippen molar-refractivity contribution in [2.24, 2.45) is 0 Å². The Morgan fingerprint density at radius 2 is 2.12 bits per heavy atom. The molecule has 7 nitrogen and oxygen atoms in total. The summed E-state index contributed by atoms with van der Waals surface area (Å²) < 4.78 is 18.4. The van der Waals surface area contributed by atoms with Crippen molar-refractivity contribution in [3.05, 3.63) is 29.6 Å². The van der Waals surface area contributed by atoms with E-state index in [1.54, 1.807) is 6.26 Å². The van der Waals surface area contributed by atoms with E-state index in [1.807, 2.05) is 43.5 Å². The van der Waals surface area contributed by atoms with Crippen molar-refractivity contribution < 1.29 is 18.8 Å². The lowest BCUT2D eigenvalue weighted by Crippen LogP contribution is -2.32. The summed E-state index contributed by atoms with van der Waals surface area (Å²) >= 11 is 0. The van der Waals surface area contributed by atoms with E-state index >= 15 is 0 Å². The third-order valence-electron chi connectivity index (χ3n) is 3.68. The Morgan fingerprint density at radius 3 is 2.73 bits per heavy atom. The fraction of sp³-hybridized carbons (Fsp3) is 0.556. The number of carbonyl (C=O) groups is 1. The molecule has 1 amide bonds. The first kappa shape index (κ1) is 20.4. The van der Waals surface area contributed by atoms with Crippen molar-refractivity contribution in [2.75, 3.05) is 12.0 Å². The number of aliphatic hydroxyl groups excluding tert-OH is 1. The summed E-state index contributed by atoms with van der Waals surface area (Å²) in [6.07, 6.45) is 1.97. The van der Waals surface area contributed by atoms with Crippen LogP contribution >= 0.6 is 0 Å². The number of aliphatic hydroxyl groups is 1. The second-order valence-corrected chi connectivity index (χ2v) is 8.70. The van der Waals surface area contributed by atoms with E-state index < -0.39 is 22.5 Å². The van der Waals surface area contributed by atoms with Crippen LogP contribution in [0.4, 0.5) is 4.79 Å². The van der Waals surface area contributed by atoms with E-state index in [0.717, 1.165) is 23.0 Å². The number of aromatic nitrogens is 2. The molecule has 1 aromatic carbocycles. The van der Waals surface area contributed by atoms with Crippen LogP contribution in [0.3, 0.4) is 0 Å². The summed E-state index contributed by atoms with van der Waals surface area (Å²) in [5.74, 6) is 1.20. The quantitative estimate of drug-likeness (QED) is 0.768. The summed E-state index contributed by atoms with van der Waals surface area (Å²) in [5.41, 5.74) is 2.03. The van der Waals surface area contributed by atoms with Crippen LogP contribution in [-0.2, 0) is 35.2 Å². The Bertz CT molecular complexity index is 796. The normalized spacial score (nSPS) is 13.0. The molecule has 0 bridgehead atoms. The maximum Gasteiger partial charge on any atom is 0.407 e. The minimum Gasteiger partial charge on any atom is -0.444 e. The van der Waals surface area contributed by atoms with Gasteiger partial charge in [-0.1, -0.05) is 6.07 Å². The Labute approximate surface area is 156 Å². The first-order chi connectivity index (χ1) is 12.2. The van der Waals surface area contributed by atoms with Gasteiger partial charge in [0.2, 0.25) is 0 Å². The van der Waals surface area contributed by atoms with Gasteiger partial charge in [-0.15, -0.1) is 0 Å². The molecule has 0 spiro atoms. The lowest BCUT2D eigenvalue weighted by molar-refractivity contribution is 0.0523. The number of aryl methyl sites for hydroxylation is 1. The Kier molecular flexibility index (Phi) is 6.77. The number of fused-ring (bicyclic) bond motifs is 1. The van der Waals surface area contributed by atoms with Crippen molar-refractivity contribution >= 4 is 27.9 Å². The first-order valence-electron chi connectivity index (χ1n) is 8.55. The third-order valence-corrected chi connectivity index (χ3v) is 4.55. The van der Waals surface area contributed by atoms with Gasteiger partial charge < -0.3 is 19.7 Å². The molecule has 0 saturated heterocycles. The molecule has 2 rings (SSSR count). The highest BCUT2D eigenvalue weighted by Crippen LogP contribution is 2.19. The fourth-order valence-corrected chi connectivity index (χ4v) is 3.16. The molecule has 26 heavy (non-hydrogen) atoms. The summed E-state index contributed by atoms with van der Waals surface area (Å²) in [4.78, 5) is 16.2. The standard InChI is InChI=1S/C18H27N3O4S/c1-18(2,3)25-17(23)19-11-13-6-7-15-14(10-13)20-16(12-22)21(15)8-5-9-26(4)24/h6-7,10,22H,5,8-9,11-12H2,1-4H3,(H,19,23). The number of carbonyl (C=O) groups excluding carboxylic acids is 1. The monoisotopic (exact) mass is 381 g/mol. The number of benzene rings is 1. The summed E-state index contributed by atoms with van der Waals surface area (Å²) in [6, 6.07) is 5.73. The highest BCUT2D eigenvalue weighted by atomic mass is 32.2. The van der Waals surface area contributed by atoms with Crippen LogP contribution in [0.5, 0.6) is 0 Å². The number of imidazole rings is 1. The van der Waals surface area contributed by atoms with Crippen LogP contribution in [0.25, 0.3) is 11.0 Å². The number of ether oxygens (including phenoxy) is 1. The van der Waals surface area contributed by atoms with Gasteiger partial charge in [0.15, 0.2) is 0 Å². The molecule has 0 radical (unpaired) electrons. The van der Waals surface area contributed by atoms with Crippen molar-refractivity contribution in [2.45, 2.75) is 52.5 Å². The number of nitrogens with zero attached hydrogens (tertiary/aromatic N) is 2. The van der Waals surface area contributed by atoms with E-state index in [4.69, 9.17) is 4.74 Å². The van der Waals surface area contributed by atoms with Gasteiger partial charge in [0.1, 0.15) is 18.0 Å². The predicted molar refractivity (Wildman–Crippen MR) is 102 cm³/mol. The van der Waals surface area contributed by atoms with Crippen molar-refractivity contribution in [3.63, 3.8) is 0 Å². The SMILES string of the molecule is CS(=O)CCCn1c(CO)nc2cc(CNC(=O)OC(C)(C)C)ccc21. The van der Waals surface area contributed by atoms with Gasteiger partial charge in [0.25, 0.3) is 0 Å². The molecule has 144 valence electrons. The molecule has 1 aromatic heterocycles. The smallest absolute Gasteiger partial charge is 0.407 e. The molecule has 2 aromatic rings. The van der Waals surface area contributed by atoms with E-state index in [9.17, 15) is 14.1 Å². The molecule has 1 atom stereocenters. The van der Waals surface area contributed by atoms with Gasteiger partial charge in [-0.3, -0.25) is 4.21 Å². The zero-order valence-electron chi connectivity index (χ0n) is 15.7. The summed E-state index contributed by atoms with van der Waals surface area (Å²) in [5, 5.41) is 12.3. The fourth-order valence-electron chi connectivity index (χ4n) is 2.62. The highest BCUT2D eigenvalue weighted by Gasteiger charge is 2.16. The zero-order chi connectivity index (χ0) is 19.3. The number of amides is 1. The van der Waals surface area contributed by atoms with Crippen LogP contribution < -0.4 is 5.32 Å². The maximum absolute atomic E-state index is 11.8. The van der Waals surface area contributed by atoms with Crippen LogP contribution in [0.2, 0.25) is 0 Å². The van der Waals surface area contributed by atoms with Crippen LogP contribution in [0, 0.1) is 0 Å². The van der Waals surface area contributed by atoms with E-state index in [0.29, 0.717) is 24.7 Å². The highest BCUT2D eigenvalue weighted by molar-refractivity contribution is 7.84. The van der Waals surface area contributed by atoms with Crippen molar-refractivity contribution in [1.29, 1.82) is 0 Å². The molecule has 0 aliphatic heterocycles. The van der Waals surface area contributed by atoms with Gasteiger partial charge in [-0.2, -0.15) is 0 Å². The number of nitrogens with one attached hydrogen (secondary N) is 1. The number of alkyl carbamates (subject to hydrolysis) is 1. The van der Waals surface area contributed by atoms with Gasteiger partial charge in [0.05, 0.1) is 11.0 Å². The van der Waals surface area contributed by atoms with Crippen LogP contribution in [-0.4, -0.2) is 42.6 Å². The molecule has 2 N–H and O–H groups in total. The second-order valence-electron chi connectivity index (χ2n) is 7.15. The molecule has 0 fully saturated rings. The molecule has 0 saturated carbocycles. The lowest BCUT2D eigenvalue weighted by atomic mass is 10.2. The Balaban J connectivity index is 2.10. The minimum atomic E-state index is -0.836. The molecule has 1 heterocycles. The summed E-state index contributed by atoms with van der Waals surface area (Å²) in [7, 11) is -0.836. The zero-order valence-corrected chi connectivity index (χ0v) is 16.6.